The fourth-order valence-corrected chi connectivity index (χ4v) is 9.83. The van der Waals surface area contributed by atoms with Crippen LogP contribution in [0.2, 0.25) is 0 Å². The third-order valence-corrected chi connectivity index (χ3v) is 12.7. The van der Waals surface area contributed by atoms with Crippen LogP contribution in [0.1, 0.15) is 41.9 Å². The molecule has 0 amide bonds. The van der Waals surface area contributed by atoms with Gasteiger partial charge in [0, 0.05) is 16.7 Å². The van der Waals surface area contributed by atoms with Gasteiger partial charge in [-0.15, -0.1) is 0 Å². The lowest BCUT2D eigenvalue weighted by Gasteiger charge is -2.34. The minimum Gasteiger partial charge on any atom is -0.208 e. The quantitative estimate of drug-likeness (QED) is 0.168. The lowest BCUT2D eigenvalue weighted by Crippen LogP contribution is -2.28. The van der Waals surface area contributed by atoms with Crippen molar-refractivity contribution in [3.63, 3.8) is 0 Å². The number of nitrogens with zero attached hydrogens (tertiary/aromatic N) is 3. The third-order valence-electron chi connectivity index (χ3n) is 12.7. The van der Waals surface area contributed by atoms with Crippen molar-refractivity contribution < 1.29 is 0 Å². The smallest absolute Gasteiger partial charge is 0.164 e. The Kier molecular flexibility index (Phi) is 9.24. The van der Waals surface area contributed by atoms with Crippen LogP contribution in [0.3, 0.4) is 0 Å². The summed E-state index contributed by atoms with van der Waals surface area (Å²) in [6.45, 7) is 4.40. The fraction of sp³-hybridized carbons (Fsp3) is 0.0678. The van der Waals surface area contributed by atoms with Crippen LogP contribution in [-0.2, 0) is 5.41 Å². The van der Waals surface area contributed by atoms with E-state index in [1.165, 1.54) is 61.2 Å². The number of fused-ring (bicyclic) bond motifs is 7. The van der Waals surface area contributed by atoms with Crippen LogP contribution in [0.4, 0.5) is 0 Å². The molecule has 3 aliphatic rings. The van der Waals surface area contributed by atoms with Crippen molar-refractivity contribution in [1.82, 2.24) is 15.0 Å². The Morgan fingerprint density at radius 3 is 1.39 bits per heavy atom. The van der Waals surface area contributed by atoms with Gasteiger partial charge in [0.1, 0.15) is 0 Å². The monoisotopic (exact) mass is 793 g/mol. The van der Waals surface area contributed by atoms with Gasteiger partial charge in [0.2, 0.25) is 0 Å². The molecule has 8 aromatic rings. The zero-order chi connectivity index (χ0) is 41.6. The van der Waals surface area contributed by atoms with Crippen LogP contribution in [0, 0.1) is 5.92 Å². The van der Waals surface area contributed by atoms with Crippen LogP contribution < -0.4 is 0 Å². The van der Waals surface area contributed by atoms with Gasteiger partial charge >= 0.3 is 0 Å². The van der Waals surface area contributed by atoms with Crippen LogP contribution >= 0.6 is 0 Å². The zero-order valence-corrected chi connectivity index (χ0v) is 34.7. The summed E-state index contributed by atoms with van der Waals surface area (Å²) >= 11 is 0. The van der Waals surface area contributed by atoms with Crippen molar-refractivity contribution in [2.75, 3.05) is 0 Å². The molecule has 0 aliphatic heterocycles. The van der Waals surface area contributed by atoms with Crippen molar-refractivity contribution in [3.8, 4) is 56.2 Å². The molecular formula is C59H43N3. The Morgan fingerprint density at radius 2 is 0.871 bits per heavy atom. The highest BCUT2D eigenvalue weighted by molar-refractivity contribution is 6.01. The highest BCUT2D eigenvalue weighted by atomic mass is 15.0. The van der Waals surface area contributed by atoms with E-state index < -0.39 is 5.41 Å². The van der Waals surface area contributed by atoms with Gasteiger partial charge in [0.25, 0.3) is 0 Å². The Bertz CT molecular complexity index is 3020. The lowest BCUT2D eigenvalue weighted by atomic mass is 9.67. The largest absolute Gasteiger partial charge is 0.208 e. The second-order valence-electron chi connectivity index (χ2n) is 16.3. The van der Waals surface area contributed by atoms with Gasteiger partial charge in [-0.25, -0.2) is 15.0 Å². The summed E-state index contributed by atoms with van der Waals surface area (Å²) in [6, 6.07) is 65.0. The molecule has 3 aliphatic carbocycles. The second kappa shape index (κ2) is 15.4. The van der Waals surface area contributed by atoms with E-state index in [-0.39, 0.29) is 5.92 Å². The van der Waals surface area contributed by atoms with E-state index in [2.05, 4.69) is 220 Å². The van der Waals surface area contributed by atoms with Crippen molar-refractivity contribution >= 4 is 11.1 Å². The molecule has 7 aromatic carbocycles. The first kappa shape index (κ1) is 37.3. The molecule has 0 saturated heterocycles. The van der Waals surface area contributed by atoms with Gasteiger partial charge in [-0.05, 0) is 91.3 Å². The number of benzene rings is 7. The molecule has 1 aromatic heterocycles. The Balaban J connectivity index is 1.13. The molecule has 1 spiro atoms. The average Bonchev–Trinajstić information content (AvgIpc) is 3.81. The first-order chi connectivity index (χ1) is 30.6. The van der Waals surface area contributed by atoms with Gasteiger partial charge in [0.05, 0.1) is 5.41 Å². The molecule has 0 fully saturated rings. The molecule has 0 N–H and O–H groups in total. The maximum atomic E-state index is 5.29. The molecule has 1 unspecified atom stereocenters. The first-order valence-corrected chi connectivity index (χ1v) is 21.5. The Labute approximate surface area is 363 Å². The summed E-state index contributed by atoms with van der Waals surface area (Å²) in [5.74, 6) is 2.03. The van der Waals surface area contributed by atoms with Crippen molar-refractivity contribution in [2.24, 2.45) is 5.92 Å². The molecule has 0 bridgehead atoms. The van der Waals surface area contributed by atoms with Crippen LogP contribution in [-0.4, -0.2) is 15.0 Å². The van der Waals surface area contributed by atoms with Crippen molar-refractivity contribution in [1.29, 1.82) is 0 Å². The molecular weight excluding hydrogens is 751 g/mol. The summed E-state index contributed by atoms with van der Waals surface area (Å²) in [5.41, 5.74) is 18.5. The van der Waals surface area contributed by atoms with E-state index in [0.717, 1.165) is 27.8 Å². The van der Waals surface area contributed by atoms with E-state index in [0.29, 0.717) is 17.5 Å². The zero-order valence-electron chi connectivity index (χ0n) is 34.7. The maximum absolute atomic E-state index is 5.29. The summed E-state index contributed by atoms with van der Waals surface area (Å²) in [5, 5.41) is 0. The summed E-state index contributed by atoms with van der Waals surface area (Å²) in [6.07, 6.45) is 13.5. The number of hydrogen-bond donors (Lipinski definition) is 0. The number of allylic oxidation sites excluding steroid dienone is 10. The van der Waals surface area contributed by atoms with E-state index >= 15 is 0 Å². The Hall–Kier alpha value is -7.75. The summed E-state index contributed by atoms with van der Waals surface area (Å²) in [7, 11) is 0. The van der Waals surface area contributed by atoms with Crippen molar-refractivity contribution in [2.45, 2.75) is 19.3 Å². The van der Waals surface area contributed by atoms with Crippen LogP contribution in [0.5, 0.6) is 0 Å². The predicted octanol–water partition coefficient (Wildman–Crippen LogP) is 14.4. The predicted molar refractivity (Wildman–Crippen MR) is 256 cm³/mol. The maximum Gasteiger partial charge on any atom is 0.164 e. The van der Waals surface area contributed by atoms with Gasteiger partial charge in [-0.2, -0.15) is 0 Å². The molecule has 294 valence electrons. The van der Waals surface area contributed by atoms with Crippen molar-refractivity contribution in [3.05, 3.63) is 258 Å². The number of hydrogen-bond acceptors (Lipinski definition) is 3. The van der Waals surface area contributed by atoms with Gasteiger partial charge in [-0.1, -0.05) is 219 Å². The van der Waals surface area contributed by atoms with E-state index in [9.17, 15) is 0 Å². The van der Waals surface area contributed by atoms with Gasteiger partial charge in [0.15, 0.2) is 17.5 Å². The van der Waals surface area contributed by atoms with E-state index in [1.807, 2.05) is 12.1 Å². The lowest BCUT2D eigenvalue weighted by molar-refractivity contribution is 0.758. The minimum absolute atomic E-state index is 0.116. The number of rotatable bonds is 6. The Morgan fingerprint density at radius 1 is 0.452 bits per heavy atom. The molecule has 0 radical (unpaired) electrons. The molecule has 3 nitrogen and oxygen atoms in total. The van der Waals surface area contributed by atoms with Gasteiger partial charge < -0.3 is 0 Å². The second-order valence-corrected chi connectivity index (χ2v) is 16.3. The van der Waals surface area contributed by atoms with Gasteiger partial charge in [-0.3, -0.25) is 0 Å². The topological polar surface area (TPSA) is 38.7 Å². The SMILES string of the molecule is C\C=C/C=C1/C(=C2\C=C(c3nc(-c4ccc(-c5ccccc5)cc4)nc(-c4ccc(-c5ccccc5)cc4)n3)C=CC2C)C2(c3ccccc31)c1ccccc1-c1ccccc12. The highest BCUT2D eigenvalue weighted by Gasteiger charge is 2.54. The molecule has 3 heteroatoms. The van der Waals surface area contributed by atoms with Crippen LogP contribution in [0.15, 0.2) is 230 Å². The molecule has 1 heterocycles. The fourth-order valence-electron chi connectivity index (χ4n) is 9.83. The first-order valence-electron chi connectivity index (χ1n) is 21.5. The standard InChI is InChI=1S/C59H43N3/c1-3-4-21-50-49-24-13-16-27-54(49)59(52-25-14-11-22-47(52)48-23-12-15-26-53(48)59)55(50)51-38-46(29-28-39(51)2)58-61-56(44-34-30-42(31-35-44)40-17-7-5-8-18-40)60-57(62-58)45-36-32-43(33-37-45)41-19-9-6-10-20-41/h3-39H,1-2H3/b4-3-,50-21+,55-51-. The van der Waals surface area contributed by atoms with Crippen LogP contribution in [0.25, 0.3) is 67.3 Å². The third kappa shape index (κ3) is 6.08. The molecule has 0 saturated carbocycles. The molecule has 62 heavy (non-hydrogen) atoms. The molecule has 1 atom stereocenters. The number of aromatic nitrogens is 3. The highest BCUT2D eigenvalue weighted by Crippen LogP contribution is 2.65. The average molecular weight is 794 g/mol. The molecule has 11 rings (SSSR count). The summed E-state index contributed by atoms with van der Waals surface area (Å²) < 4.78 is 0. The minimum atomic E-state index is -0.510. The van der Waals surface area contributed by atoms with E-state index in [1.54, 1.807) is 0 Å². The normalized spacial score (nSPS) is 17.6. The van der Waals surface area contributed by atoms with E-state index in [4.69, 9.17) is 15.0 Å². The summed E-state index contributed by atoms with van der Waals surface area (Å²) in [4.78, 5) is 15.7.